The Hall–Kier alpha value is -1.38. The number of carbonyl (C=O) groups is 1. The molecule has 0 unspecified atom stereocenters. The number of ether oxygens (including phenoxy) is 1. The highest BCUT2D eigenvalue weighted by Crippen LogP contribution is 2.26. The third-order valence-electron chi connectivity index (χ3n) is 3.99. The molecule has 2 aromatic rings. The molecule has 1 amide bonds. The molecule has 1 saturated heterocycles. The van der Waals surface area contributed by atoms with E-state index in [2.05, 4.69) is 26.0 Å². The minimum absolute atomic E-state index is 0.228. The third kappa shape index (κ3) is 3.59. The number of rotatable bonds is 4. The van der Waals surface area contributed by atoms with E-state index >= 15 is 0 Å². The first-order valence-electron chi connectivity index (χ1n) is 7.34. The summed E-state index contributed by atoms with van der Waals surface area (Å²) in [4.78, 5) is 17.2. The average molecular weight is 404 g/mol. The number of halogens is 2. The predicted molar refractivity (Wildman–Crippen MR) is 89.2 cm³/mol. The molecule has 1 aliphatic rings. The van der Waals surface area contributed by atoms with Crippen molar-refractivity contribution in [3.05, 3.63) is 21.9 Å². The number of nitrogens with zero attached hydrogens (tertiary/aromatic N) is 4. The maximum absolute atomic E-state index is 11.7. The van der Waals surface area contributed by atoms with Gasteiger partial charge in [-0.25, -0.2) is 9.78 Å². The molecule has 0 radical (unpaired) electrons. The van der Waals surface area contributed by atoms with Gasteiger partial charge in [-0.15, -0.1) is 0 Å². The minimum Gasteiger partial charge on any atom is -0.465 e. The van der Waals surface area contributed by atoms with Crippen LogP contribution in [0.5, 0.6) is 0 Å². The first-order chi connectivity index (χ1) is 11.1. The van der Waals surface area contributed by atoms with Crippen LogP contribution in [0.4, 0.5) is 10.6 Å². The summed E-state index contributed by atoms with van der Waals surface area (Å²) in [6.07, 6.45) is 3.24. The number of hydrogen-bond acceptors (Lipinski definition) is 4. The van der Waals surface area contributed by atoms with Crippen molar-refractivity contribution in [2.24, 2.45) is 5.92 Å². The van der Waals surface area contributed by atoms with Gasteiger partial charge in [0.15, 0.2) is 5.65 Å². The van der Waals surface area contributed by atoms with E-state index in [4.69, 9.17) is 16.3 Å². The molecule has 1 fully saturated rings. The second-order valence-electron chi connectivity index (χ2n) is 5.44. The topological polar surface area (TPSA) is 80.0 Å². The standard InChI is InChI=1S/C14H16BrClN4O3/c15-10-8-17-20-12(7-11(16)18-13(10)20)19(14(21)22)4-1-9-2-5-23-6-3-9/h7-9H,1-6H2,(H,21,22). The predicted octanol–water partition coefficient (Wildman–Crippen LogP) is 3.45. The molecule has 23 heavy (non-hydrogen) atoms. The molecule has 0 atom stereocenters. The maximum atomic E-state index is 11.7. The van der Waals surface area contributed by atoms with E-state index in [1.165, 1.54) is 15.5 Å². The molecular weight excluding hydrogens is 388 g/mol. The van der Waals surface area contributed by atoms with Gasteiger partial charge >= 0.3 is 6.09 Å². The summed E-state index contributed by atoms with van der Waals surface area (Å²) < 4.78 is 7.48. The average Bonchev–Trinajstić information content (AvgIpc) is 2.89. The first kappa shape index (κ1) is 16.5. The molecule has 3 rings (SSSR count). The van der Waals surface area contributed by atoms with Gasteiger partial charge in [-0.3, -0.25) is 4.90 Å². The maximum Gasteiger partial charge on any atom is 0.413 e. The Labute approximate surface area is 146 Å². The van der Waals surface area contributed by atoms with Crippen molar-refractivity contribution < 1.29 is 14.6 Å². The Balaban J connectivity index is 1.87. The van der Waals surface area contributed by atoms with Crippen LogP contribution in [0.15, 0.2) is 16.7 Å². The lowest BCUT2D eigenvalue weighted by Gasteiger charge is -2.25. The van der Waals surface area contributed by atoms with E-state index < -0.39 is 6.09 Å². The van der Waals surface area contributed by atoms with Crippen LogP contribution >= 0.6 is 27.5 Å². The van der Waals surface area contributed by atoms with Crippen LogP contribution in [-0.4, -0.2) is 45.6 Å². The second-order valence-corrected chi connectivity index (χ2v) is 6.69. The Morgan fingerprint density at radius 1 is 1.52 bits per heavy atom. The van der Waals surface area contributed by atoms with Gasteiger partial charge in [0.2, 0.25) is 0 Å². The van der Waals surface area contributed by atoms with Gasteiger partial charge in [-0.1, -0.05) is 11.6 Å². The fourth-order valence-corrected chi connectivity index (χ4v) is 3.26. The van der Waals surface area contributed by atoms with E-state index in [0.717, 1.165) is 32.5 Å². The zero-order valence-electron chi connectivity index (χ0n) is 12.3. The minimum atomic E-state index is -1.03. The molecule has 124 valence electrons. The van der Waals surface area contributed by atoms with Gasteiger partial charge in [0.1, 0.15) is 11.0 Å². The Morgan fingerprint density at radius 3 is 2.96 bits per heavy atom. The lowest BCUT2D eigenvalue weighted by Crippen LogP contribution is -2.34. The molecule has 3 heterocycles. The summed E-state index contributed by atoms with van der Waals surface area (Å²) >= 11 is 9.38. The summed E-state index contributed by atoms with van der Waals surface area (Å²) in [5.41, 5.74) is 0.491. The number of anilines is 1. The fraction of sp³-hybridized carbons (Fsp3) is 0.500. The zero-order valence-corrected chi connectivity index (χ0v) is 14.6. The van der Waals surface area contributed by atoms with Crippen LogP contribution in [0.1, 0.15) is 19.3 Å². The normalized spacial score (nSPS) is 15.9. The van der Waals surface area contributed by atoms with Gasteiger partial charge in [0.05, 0.1) is 10.7 Å². The number of carboxylic acid groups (broad SMARTS) is 1. The Kier molecular flexibility index (Phi) is 5.03. The van der Waals surface area contributed by atoms with Gasteiger partial charge < -0.3 is 9.84 Å². The molecule has 1 N–H and O–H groups in total. The van der Waals surface area contributed by atoms with Crippen LogP contribution in [-0.2, 0) is 4.74 Å². The van der Waals surface area contributed by atoms with E-state index in [9.17, 15) is 9.90 Å². The Bertz CT molecular complexity index is 717. The van der Waals surface area contributed by atoms with Crippen molar-refractivity contribution >= 4 is 45.1 Å². The molecule has 9 heteroatoms. The van der Waals surface area contributed by atoms with Crippen LogP contribution < -0.4 is 4.90 Å². The number of amides is 1. The monoisotopic (exact) mass is 402 g/mol. The number of hydrogen-bond donors (Lipinski definition) is 1. The molecule has 0 spiro atoms. The van der Waals surface area contributed by atoms with E-state index in [1.807, 2.05) is 0 Å². The second kappa shape index (κ2) is 7.02. The summed E-state index contributed by atoms with van der Waals surface area (Å²) in [6, 6.07) is 1.52. The van der Waals surface area contributed by atoms with Crippen LogP contribution in [0, 0.1) is 5.92 Å². The first-order valence-corrected chi connectivity index (χ1v) is 8.51. The largest absolute Gasteiger partial charge is 0.465 e. The third-order valence-corrected chi connectivity index (χ3v) is 4.74. The highest BCUT2D eigenvalue weighted by Gasteiger charge is 2.22. The van der Waals surface area contributed by atoms with Crippen molar-refractivity contribution in [2.75, 3.05) is 24.7 Å². The molecule has 0 aliphatic carbocycles. The molecule has 7 nitrogen and oxygen atoms in total. The van der Waals surface area contributed by atoms with Gasteiger partial charge in [0, 0.05) is 25.8 Å². The lowest BCUT2D eigenvalue weighted by molar-refractivity contribution is 0.0645. The van der Waals surface area contributed by atoms with Crippen LogP contribution in [0.25, 0.3) is 5.65 Å². The van der Waals surface area contributed by atoms with Gasteiger partial charge in [-0.05, 0) is 41.1 Å². The van der Waals surface area contributed by atoms with Gasteiger partial charge in [-0.2, -0.15) is 9.61 Å². The molecule has 1 aliphatic heterocycles. The van der Waals surface area contributed by atoms with Crippen molar-refractivity contribution in [3.63, 3.8) is 0 Å². The zero-order chi connectivity index (χ0) is 16.4. The van der Waals surface area contributed by atoms with Crippen molar-refractivity contribution in [3.8, 4) is 0 Å². The van der Waals surface area contributed by atoms with Crippen LogP contribution in [0.2, 0.25) is 5.15 Å². The molecule has 0 saturated carbocycles. The lowest BCUT2D eigenvalue weighted by atomic mass is 9.96. The highest BCUT2D eigenvalue weighted by atomic mass is 79.9. The quantitative estimate of drug-likeness (QED) is 0.791. The fourth-order valence-electron chi connectivity index (χ4n) is 2.74. The van der Waals surface area contributed by atoms with Gasteiger partial charge in [0.25, 0.3) is 0 Å². The molecule has 0 aromatic carbocycles. The van der Waals surface area contributed by atoms with Crippen molar-refractivity contribution in [1.82, 2.24) is 14.6 Å². The molecular formula is C14H16BrClN4O3. The molecule has 0 bridgehead atoms. The summed E-state index contributed by atoms with van der Waals surface area (Å²) in [7, 11) is 0. The van der Waals surface area contributed by atoms with E-state index in [1.54, 1.807) is 6.20 Å². The van der Waals surface area contributed by atoms with Crippen molar-refractivity contribution in [1.29, 1.82) is 0 Å². The number of fused-ring (bicyclic) bond motifs is 1. The smallest absolute Gasteiger partial charge is 0.413 e. The van der Waals surface area contributed by atoms with Crippen LogP contribution in [0.3, 0.4) is 0 Å². The molecule has 2 aromatic heterocycles. The van der Waals surface area contributed by atoms with E-state index in [0.29, 0.717) is 28.4 Å². The highest BCUT2D eigenvalue weighted by molar-refractivity contribution is 9.10. The summed E-state index contributed by atoms with van der Waals surface area (Å²) in [5.74, 6) is 0.869. The summed E-state index contributed by atoms with van der Waals surface area (Å²) in [6.45, 7) is 1.87. The SMILES string of the molecule is O=C(O)N(CCC1CCOCC1)c1cc(Cl)nc2c(Br)cnn12. The number of aromatic nitrogens is 3. The van der Waals surface area contributed by atoms with E-state index in [-0.39, 0.29) is 5.15 Å². The van der Waals surface area contributed by atoms with Crippen molar-refractivity contribution in [2.45, 2.75) is 19.3 Å². The summed E-state index contributed by atoms with van der Waals surface area (Å²) in [5, 5.41) is 14.0. The Morgan fingerprint density at radius 2 is 2.26 bits per heavy atom.